The fourth-order valence-corrected chi connectivity index (χ4v) is 1.65. The normalized spacial score (nSPS) is 12.2. The molecule has 0 saturated heterocycles. The maximum Gasteiger partial charge on any atom is 0.134 e. The van der Waals surface area contributed by atoms with Crippen LogP contribution >= 0.6 is 0 Å². The average Bonchev–Trinajstić information content (AvgIpc) is 2.68. The van der Waals surface area contributed by atoms with Crippen LogP contribution in [0.15, 0.2) is 28.7 Å². The van der Waals surface area contributed by atoms with E-state index in [1.54, 1.807) is 6.92 Å². The monoisotopic (exact) mass is 214 g/mol. The van der Waals surface area contributed by atoms with Crippen LogP contribution in [0, 0.1) is 18.8 Å². The molecule has 0 bridgehead atoms. The van der Waals surface area contributed by atoms with Gasteiger partial charge in [0.25, 0.3) is 0 Å². The van der Waals surface area contributed by atoms with E-state index >= 15 is 0 Å². The highest BCUT2D eigenvalue weighted by atomic mass is 16.4. The van der Waals surface area contributed by atoms with Gasteiger partial charge < -0.3 is 9.52 Å². The molecule has 1 unspecified atom stereocenters. The fourth-order valence-electron chi connectivity index (χ4n) is 1.65. The van der Waals surface area contributed by atoms with Crippen LogP contribution in [0.2, 0.25) is 0 Å². The summed E-state index contributed by atoms with van der Waals surface area (Å²) in [5.41, 5.74) is 1.99. The van der Waals surface area contributed by atoms with Gasteiger partial charge in [0.1, 0.15) is 17.4 Å². The smallest absolute Gasteiger partial charge is 0.134 e. The van der Waals surface area contributed by atoms with Crippen molar-refractivity contribution in [1.29, 1.82) is 0 Å². The van der Waals surface area contributed by atoms with Crippen LogP contribution in [-0.2, 0) is 0 Å². The molecule has 0 amide bonds. The molecule has 2 nitrogen and oxygen atoms in total. The van der Waals surface area contributed by atoms with Crippen LogP contribution in [0.4, 0.5) is 0 Å². The van der Waals surface area contributed by atoms with E-state index in [1.165, 1.54) is 5.56 Å². The summed E-state index contributed by atoms with van der Waals surface area (Å²) in [6.07, 6.45) is -0.227. The zero-order chi connectivity index (χ0) is 11.5. The summed E-state index contributed by atoms with van der Waals surface area (Å²) >= 11 is 0. The maximum atomic E-state index is 9.83. The molecule has 1 atom stereocenters. The third-order valence-corrected chi connectivity index (χ3v) is 2.49. The Morgan fingerprint density at radius 1 is 1.38 bits per heavy atom. The molecule has 1 aromatic heterocycles. The third kappa shape index (κ3) is 2.10. The number of aryl methyl sites for hydroxylation is 1. The first-order valence-corrected chi connectivity index (χ1v) is 5.28. The lowest BCUT2D eigenvalue weighted by Gasteiger charge is -2.00. The Hall–Kier alpha value is -1.72. The van der Waals surface area contributed by atoms with Crippen molar-refractivity contribution in [2.45, 2.75) is 26.4 Å². The van der Waals surface area contributed by atoms with Crippen LogP contribution in [0.25, 0.3) is 11.0 Å². The van der Waals surface area contributed by atoms with Gasteiger partial charge in [0.05, 0.1) is 0 Å². The minimum atomic E-state index is -0.639. The molecule has 0 saturated carbocycles. The van der Waals surface area contributed by atoms with Crippen LogP contribution < -0.4 is 0 Å². The molecule has 2 aromatic rings. The highest BCUT2D eigenvalue weighted by Gasteiger charge is 2.11. The minimum Gasteiger partial charge on any atom is -0.458 e. The Morgan fingerprint density at radius 3 is 2.94 bits per heavy atom. The van der Waals surface area contributed by atoms with Gasteiger partial charge in [-0.2, -0.15) is 0 Å². The largest absolute Gasteiger partial charge is 0.458 e. The van der Waals surface area contributed by atoms with E-state index in [2.05, 4.69) is 11.8 Å². The van der Waals surface area contributed by atoms with Gasteiger partial charge in [-0.1, -0.05) is 11.6 Å². The Morgan fingerprint density at radius 2 is 2.19 bits per heavy atom. The van der Waals surface area contributed by atoms with Gasteiger partial charge in [0, 0.05) is 11.8 Å². The molecular formula is C14H14O2. The molecule has 0 aliphatic rings. The number of hydrogen-bond acceptors (Lipinski definition) is 2. The van der Waals surface area contributed by atoms with Gasteiger partial charge in [0.2, 0.25) is 0 Å². The highest BCUT2D eigenvalue weighted by Crippen LogP contribution is 2.26. The first-order chi connectivity index (χ1) is 7.70. The van der Waals surface area contributed by atoms with Gasteiger partial charge in [0.15, 0.2) is 0 Å². The maximum absolute atomic E-state index is 9.83. The lowest BCUT2D eigenvalue weighted by molar-refractivity contribution is 0.158. The summed E-state index contributed by atoms with van der Waals surface area (Å²) in [7, 11) is 0. The first-order valence-electron chi connectivity index (χ1n) is 5.28. The van der Waals surface area contributed by atoms with Crippen LogP contribution in [0.3, 0.4) is 0 Å². The van der Waals surface area contributed by atoms with Crippen molar-refractivity contribution < 1.29 is 9.52 Å². The summed E-state index contributed by atoms with van der Waals surface area (Å²) in [5.74, 6) is 6.19. The van der Waals surface area contributed by atoms with Gasteiger partial charge >= 0.3 is 0 Å². The molecule has 1 N–H and O–H groups in total. The molecule has 0 aliphatic heterocycles. The first kappa shape index (κ1) is 10.8. The van der Waals surface area contributed by atoms with E-state index in [0.717, 1.165) is 11.0 Å². The number of benzene rings is 1. The average molecular weight is 214 g/mol. The zero-order valence-corrected chi connectivity index (χ0v) is 9.45. The summed E-state index contributed by atoms with van der Waals surface area (Å²) in [6, 6.07) is 7.84. The molecule has 1 aromatic carbocycles. The van der Waals surface area contributed by atoms with Gasteiger partial charge in [-0.3, -0.25) is 0 Å². The number of aliphatic hydroxyl groups excluding tert-OH is 1. The molecular weight excluding hydrogens is 200 g/mol. The quantitative estimate of drug-likeness (QED) is 0.779. The summed E-state index contributed by atoms with van der Waals surface area (Å²) in [5, 5.41) is 10.9. The second-order valence-corrected chi connectivity index (χ2v) is 3.84. The van der Waals surface area contributed by atoms with Gasteiger partial charge in [-0.25, -0.2) is 0 Å². The summed E-state index contributed by atoms with van der Waals surface area (Å²) < 4.78 is 5.56. The second kappa shape index (κ2) is 4.42. The van der Waals surface area contributed by atoms with Crippen molar-refractivity contribution in [2.75, 3.05) is 0 Å². The molecule has 1 heterocycles. The lowest BCUT2D eigenvalue weighted by atomic mass is 10.1. The Bertz CT molecular complexity index is 555. The van der Waals surface area contributed by atoms with E-state index in [9.17, 15) is 5.11 Å². The van der Waals surface area contributed by atoms with Crippen molar-refractivity contribution in [3.63, 3.8) is 0 Å². The molecule has 2 rings (SSSR count). The Balaban J connectivity index is 2.34. The minimum absolute atomic E-state index is 0.412. The number of rotatable bonds is 2. The van der Waals surface area contributed by atoms with Crippen LogP contribution in [0.1, 0.15) is 30.8 Å². The fraction of sp³-hybridized carbons (Fsp3) is 0.286. The van der Waals surface area contributed by atoms with Crippen molar-refractivity contribution in [2.24, 2.45) is 0 Å². The topological polar surface area (TPSA) is 33.4 Å². The number of aliphatic hydroxyl groups is 1. The second-order valence-electron chi connectivity index (χ2n) is 3.84. The van der Waals surface area contributed by atoms with Crippen molar-refractivity contribution in [3.8, 4) is 11.8 Å². The molecule has 2 heteroatoms. The molecule has 0 fully saturated rings. The van der Waals surface area contributed by atoms with E-state index in [0.29, 0.717) is 12.2 Å². The van der Waals surface area contributed by atoms with Gasteiger partial charge in [-0.05, 0) is 32.0 Å². The highest BCUT2D eigenvalue weighted by molar-refractivity contribution is 5.78. The summed E-state index contributed by atoms with van der Waals surface area (Å²) in [4.78, 5) is 0. The van der Waals surface area contributed by atoms with Crippen LogP contribution in [0.5, 0.6) is 0 Å². The van der Waals surface area contributed by atoms with E-state index in [1.807, 2.05) is 31.2 Å². The van der Waals surface area contributed by atoms with Gasteiger partial charge in [-0.15, -0.1) is 11.8 Å². The van der Waals surface area contributed by atoms with E-state index in [4.69, 9.17) is 4.42 Å². The predicted molar refractivity (Wildman–Crippen MR) is 64.0 cm³/mol. The summed E-state index contributed by atoms with van der Waals surface area (Å²) in [6.45, 7) is 3.79. The van der Waals surface area contributed by atoms with Crippen LogP contribution in [-0.4, -0.2) is 5.11 Å². The van der Waals surface area contributed by atoms with Crippen molar-refractivity contribution in [3.05, 3.63) is 35.6 Å². The third-order valence-electron chi connectivity index (χ3n) is 2.49. The number of hydrogen-bond donors (Lipinski definition) is 1. The van der Waals surface area contributed by atoms with Crippen molar-refractivity contribution in [1.82, 2.24) is 0 Å². The molecule has 0 radical (unpaired) electrons. The molecule has 0 aliphatic carbocycles. The van der Waals surface area contributed by atoms with E-state index in [-0.39, 0.29) is 0 Å². The zero-order valence-electron chi connectivity index (χ0n) is 9.45. The predicted octanol–water partition coefficient (Wildman–Crippen LogP) is 3.19. The standard InChI is InChI=1S/C14H14O2/c1-3-4-5-12(15)14-9-11-8-10(2)6-7-13(11)16-14/h6-9,12,15H,5H2,1-2H3. The number of fused-ring (bicyclic) bond motifs is 1. The van der Waals surface area contributed by atoms with Crippen molar-refractivity contribution >= 4 is 11.0 Å². The molecule has 0 spiro atoms. The molecule has 16 heavy (non-hydrogen) atoms. The molecule has 82 valence electrons. The Kier molecular flexibility index (Phi) is 2.98. The number of furan rings is 1. The SMILES string of the molecule is CC#CCC(O)c1cc2cc(C)ccc2o1. The lowest BCUT2D eigenvalue weighted by Crippen LogP contribution is -1.92. The Labute approximate surface area is 94.9 Å². The van der Waals surface area contributed by atoms with E-state index < -0.39 is 6.10 Å².